The minimum absolute atomic E-state index is 0.434. The Hall–Kier alpha value is -1.49. The average Bonchev–Trinajstić information content (AvgIpc) is 2.46. The van der Waals surface area contributed by atoms with Gasteiger partial charge in [0.1, 0.15) is 5.75 Å². The summed E-state index contributed by atoms with van der Waals surface area (Å²) in [6.07, 6.45) is 0. The van der Waals surface area contributed by atoms with Crippen LogP contribution in [0.25, 0.3) is 0 Å². The zero-order chi connectivity index (χ0) is 15.2. The molecule has 0 radical (unpaired) electrons. The molecule has 2 aromatic carbocycles. The predicted molar refractivity (Wildman–Crippen MR) is 93.9 cm³/mol. The van der Waals surface area contributed by atoms with Crippen LogP contribution in [0.15, 0.2) is 42.5 Å². The van der Waals surface area contributed by atoms with Gasteiger partial charge in [0.25, 0.3) is 0 Å². The van der Waals surface area contributed by atoms with Crippen LogP contribution in [-0.4, -0.2) is 11.7 Å². The number of hydrogen-bond acceptors (Lipinski definition) is 2. The fraction of sp³-hybridized carbons (Fsp3) is 0.133. The molecule has 6 heteroatoms. The highest BCUT2D eigenvalue weighted by Gasteiger charge is 2.06. The van der Waals surface area contributed by atoms with Gasteiger partial charge in [0.2, 0.25) is 0 Å². The summed E-state index contributed by atoms with van der Waals surface area (Å²) in [5.74, 6) is 0.819. The molecule has 0 spiro atoms. The van der Waals surface area contributed by atoms with Crippen molar-refractivity contribution in [1.29, 1.82) is 0 Å². The molecule has 0 amide bonds. The van der Waals surface area contributed by atoms with Gasteiger partial charge >= 0.3 is 0 Å². The van der Waals surface area contributed by atoms with Gasteiger partial charge in [-0.25, -0.2) is 0 Å². The lowest BCUT2D eigenvalue weighted by atomic mass is 10.3. The van der Waals surface area contributed by atoms with Gasteiger partial charge in [0.05, 0.1) is 22.3 Å². The highest BCUT2D eigenvalue weighted by Crippen LogP contribution is 2.29. The first-order valence-electron chi connectivity index (χ1n) is 6.35. The molecule has 2 aromatic rings. The first-order valence-corrected chi connectivity index (χ1v) is 7.51. The number of hydrogen-bond donors (Lipinski definition) is 2. The van der Waals surface area contributed by atoms with Crippen molar-refractivity contribution >= 4 is 51.9 Å². The highest BCUT2D eigenvalue weighted by atomic mass is 35.5. The lowest BCUT2D eigenvalue weighted by Gasteiger charge is -2.12. The third kappa shape index (κ3) is 4.49. The third-order valence-corrected chi connectivity index (χ3v) is 3.65. The number of ether oxygens (including phenoxy) is 1. The zero-order valence-electron chi connectivity index (χ0n) is 11.3. The Balaban J connectivity index is 1.99. The Morgan fingerprint density at radius 3 is 2.48 bits per heavy atom. The van der Waals surface area contributed by atoms with Crippen molar-refractivity contribution in [3.8, 4) is 5.75 Å². The van der Waals surface area contributed by atoms with E-state index in [-0.39, 0.29) is 0 Å². The van der Waals surface area contributed by atoms with E-state index in [1.165, 1.54) is 0 Å². The van der Waals surface area contributed by atoms with Crippen LogP contribution in [0.4, 0.5) is 11.4 Å². The second-order valence-corrected chi connectivity index (χ2v) is 5.33. The normalized spacial score (nSPS) is 10.0. The van der Waals surface area contributed by atoms with Gasteiger partial charge in [0.15, 0.2) is 5.11 Å². The van der Waals surface area contributed by atoms with Crippen molar-refractivity contribution in [3.63, 3.8) is 0 Å². The summed E-state index contributed by atoms with van der Waals surface area (Å²) in [7, 11) is 0. The van der Waals surface area contributed by atoms with Crippen molar-refractivity contribution in [3.05, 3.63) is 52.5 Å². The number of benzene rings is 2. The minimum Gasteiger partial charge on any atom is -0.494 e. The van der Waals surface area contributed by atoms with E-state index in [1.807, 2.05) is 31.2 Å². The first-order chi connectivity index (χ1) is 10.1. The summed E-state index contributed by atoms with van der Waals surface area (Å²) in [6.45, 7) is 2.58. The molecule has 0 unspecified atom stereocenters. The second kappa shape index (κ2) is 7.50. The van der Waals surface area contributed by atoms with E-state index >= 15 is 0 Å². The number of nitrogens with one attached hydrogen (secondary N) is 2. The molecule has 0 saturated heterocycles. The van der Waals surface area contributed by atoms with Crippen molar-refractivity contribution in [2.45, 2.75) is 6.92 Å². The topological polar surface area (TPSA) is 33.3 Å². The molecule has 0 saturated carbocycles. The van der Waals surface area contributed by atoms with E-state index in [0.29, 0.717) is 27.5 Å². The molecule has 0 aliphatic carbocycles. The Bertz CT molecular complexity index is 632. The Morgan fingerprint density at radius 1 is 1.10 bits per heavy atom. The van der Waals surface area contributed by atoms with Gasteiger partial charge in [-0.1, -0.05) is 29.3 Å². The maximum absolute atomic E-state index is 6.10. The molecule has 0 aliphatic heterocycles. The Labute approximate surface area is 139 Å². The maximum Gasteiger partial charge on any atom is 0.175 e. The molecule has 0 bridgehead atoms. The smallest absolute Gasteiger partial charge is 0.175 e. The number of anilines is 2. The monoisotopic (exact) mass is 340 g/mol. The van der Waals surface area contributed by atoms with E-state index in [4.69, 9.17) is 40.2 Å². The van der Waals surface area contributed by atoms with Gasteiger partial charge in [-0.05, 0) is 55.5 Å². The zero-order valence-corrected chi connectivity index (χ0v) is 13.6. The standard InChI is InChI=1S/C15H14Cl2N2OS/c1-2-20-11-8-6-10(7-9-11)18-15(21)19-13-5-3-4-12(16)14(13)17/h3-9H,2H2,1H3,(H2,18,19,21). The maximum atomic E-state index is 6.10. The highest BCUT2D eigenvalue weighted by molar-refractivity contribution is 7.80. The number of rotatable bonds is 4. The first kappa shape index (κ1) is 15.9. The lowest BCUT2D eigenvalue weighted by Crippen LogP contribution is -2.19. The molecule has 2 rings (SSSR count). The molecular weight excluding hydrogens is 327 g/mol. The molecule has 21 heavy (non-hydrogen) atoms. The van der Waals surface area contributed by atoms with Crippen LogP contribution in [-0.2, 0) is 0 Å². The molecule has 0 aliphatic rings. The van der Waals surface area contributed by atoms with E-state index in [2.05, 4.69) is 10.6 Å². The summed E-state index contributed by atoms with van der Waals surface area (Å²) in [4.78, 5) is 0. The summed E-state index contributed by atoms with van der Waals surface area (Å²) in [5.41, 5.74) is 1.52. The van der Waals surface area contributed by atoms with E-state index in [0.717, 1.165) is 11.4 Å². The molecule has 0 fully saturated rings. The number of halogens is 2. The van der Waals surface area contributed by atoms with Gasteiger partial charge in [-0.3, -0.25) is 0 Å². The third-order valence-electron chi connectivity index (χ3n) is 2.62. The lowest BCUT2D eigenvalue weighted by molar-refractivity contribution is 0.340. The summed E-state index contributed by atoms with van der Waals surface area (Å²) in [5, 5.41) is 7.43. The van der Waals surface area contributed by atoms with Crippen molar-refractivity contribution < 1.29 is 4.74 Å². The molecule has 0 heterocycles. The minimum atomic E-state index is 0.434. The molecule has 3 nitrogen and oxygen atoms in total. The van der Waals surface area contributed by atoms with Crippen LogP contribution in [0.5, 0.6) is 5.75 Å². The van der Waals surface area contributed by atoms with Crippen LogP contribution < -0.4 is 15.4 Å². The summed E-state index contributed by atoms with van der Waals surface area (Å²) in [6, 6.07) is 12.9. The van der Waals surface area contributed by atoms with Crippen LogP contribution in [0.1, 0.15) is 6.92 Å². The van der Waals surface area contributed by atoms with Crippen LogP contribution in [0.2, 0.25) is 10.0 Å². The van der Waals surface area contributed by atoms with Gasteiger partial charge in [0, 0.05) is 5.69 Å². The van der Waals surface area contributed by atoms with Crippen molar-refractivity contribution in [2.75, 3.05) is 17.2 Å². The largest absolute Gasteiger partial charge is 0.494 e. The van der Waals surface area contributed by atoms with Crippen molar-refractivity contribution in [1.82, 2.24) is 0 Å². The van der Waals surface area contributed by atoms with E-state index in [9.17, 15) is 0 Å². The SMILES string of the molecule is CCOc1ccc(NC(=S)Nc2cccc(Cl)c2Cl)cc1. The van der Waals surface area contributed by atoms with Crippen LogP contribution >= 0.6 is 35.4 Å². The van der Waals surface area contributed by atoms with Crippen molar-refractivity contribution in [2.24, 2.45) is 0 Å². The molecule has 0 atom stereocenters. The fourth-order valence-electron chi connectivity index (χ4n) is 1.69. The van der Waals surface area contributed by atoms with Gasteiger partial charge in [-0.2, -0.15) is 0 Å². The summed E-state index contributed by atoms with van der Waals surface area (Å²) < 4.78 is 5.38. The molecule has 0 aromatic heterocycles. The quantitative estimate of drug-likeness (QED) is 0.749. The van der Waals surface area contributed by atoms with Gasteiger partial charge < -0.3 is 15.4 Å². The van der Waals surface area contributed by atoms with E-state index < -0.39 is 0 Å². The molecule has 2 N–H and O–H groups in total. The average molecular weight is 341 g/mol. The van der Waals surface area contributed by atoms with Crippen LogP contribution in [0, 0.1) is 0 Å². The van der Waals surface area contributed by atoms with E-state index in [1.54, 1.807) is 18.2 Å². The fourth-order valence-corrected chi connectivity index (χ4v) is 2.26. The molecule has 110 valence electrons. The second-order valence-electron chi connectivity index (χ2n) is 4.14. The van der Waals surface area contributed by atoms with Crippen LogP contribution in [0.3, 0.4) is 0 Å². The Kier molecular flexibility index (Phi) is 5.67. The predicted octanol–water partition coefficient (Wildman–Crippen LogP) is 5.20. The molecular formula is C15H14Cl2N2OS. The summed E-state index contributed by atoms with van der Waals surface area (Å²) >= 11 is 17.3. The van der Waals surface area contributed by atoms with Gasteiger partial charge in [-0.15, -0.1) is 0 Å². The Morgan fingerprint density at radius 2 is 1.81 bits per heavy atom. The number of thiocarbonyl (C=S) groups is 1.